The van der Waals surface area contributed by atoms with Crippen LogP contribution in [0.25, 0.3) is 0 Å². The highest BCUT2D eigenvalue weighted by atomic mass is 127. The van der Waals surface area contributed by atoms with Crippen molar-refractivity contribution in [3.05, 3.63) is 70.8 Å². The lowest BCUT2D eigenvalue weighted by Crippen LogP contribution is -2.37. The van der Waals surface area contributed by atoms with Crippen LogP contribution in [0.5, 0.6) is 0 Å². The quantitative estimate of drug-likeness (QED) is 0.233. The van der Waals surface area contributed by atoms with Gasteiger partial charge in [0.05, 0.1) is 6.54 Å². The molecule has 0 aromatic heterocycles. The number of aryl methyl sites for hydroxylation is 1. The summed E-state index contributed by atoms with van der Waals surface area (Å²) in [4.78, 5) is 16.0. The molecule has 1 amide bonds. The van der Waals surface area contributed by atoms with Gasteiger partial charge >= 0.3 is 0 Å². The van der Waals surface area contributed by atoms with Crippen LogP contribution in [0.1, 0.15) is 46.8 Å². The molecule has 27 heavy (non-hydrogen) atoms. The number of guanidine groups is 1. The summed E-state index contributed by atoms with van der Waals surface area (Å²) in [6.45, 7) is 6.30. The number of unbranched alkanes of at least 4 members (excludes halogenated alkanes) is 1. The first-order chi connectivity index (χ1) is 12.6. The fourth-order valence-corrected chi connectivity index (χ4v) is 2.44. The summed E-state index contributed by atoms with van der Waals surface area (Å²) in [6, 6.07) is 15.7. The third-order valence-corrected chi connectivity index (χ3v) is 4.03. The van der Waals surface area contributed by atoms with Gasteiger partial charge in [-0.3, -0.25) is 4.79 Å². The number of carbonyl (C=O) groups excluding carboxylic acids is 1. The average Bonchev–Trinajstić information content (AvgIpc) is 2.65. The van der Waals surface area contributed by atoms with E-state index in [4.69, 9.17) is 5.73 Å². The molecule has 0 fully saturated rings. The molecule has 0 saturated carbocycles. The molecule has 0 aliphatic rings. The van der Waals surface area contributed by atoms with Crippen LogP contribution < -0.4 is 16.4 Å². The highest BCUT2D eigenvalue weighted by Gasteiger charge is 2.03. The molecule has 0 saturated heterocycles. The Labute approximate surface area is 178 Å². The third kappa shape index (κ3) is 8.43. The fourth-order valence-electron chi connectivity index (χ4n) is 2.44. The highest BCUT2D eigenvalue weighted by molar-refractivity contribution is 14.0. The van der Waals surface area contributed by atoms with Gasteiger partial charge in [-0.15, -0.1) is 24.0 Å². The second-order valence-electron chi connectivity index (χ2n) is 6.35. The van der Waals surface area contributed by atoms with Crippen molar-refractivity contribution >= 4 is 35.8 Å². The summed E-state index contributed by atoms with van der Waals surface area (Å²) in [7, 11) is 0. The van der Waals surface area contributed by atoms with Gasteiger partial charge in [-0.1, -0.05) is 55.3 Å². The summed E-state index contributed by atoms with van der Waals surface area (Å²) in [5.74, 6) is 0.345. The van der Waals surface area contributed by atoms with E-state index in [1.54, 1.807) is 12.1 Å². The monoisotopic (exact) mass is 480 g/mol. The minimum absolute atomic E-state index is 0. The molecule has 2 rings (SSSR count). The van der Waals surface area contributed by atoms with Gasteiger partial charge < -0.3 is 16.4 Å². The maximum atomic E-state index is 11.3. The molecule has 0 bridgehead atoms. The molecule has 0 heterocycles. The molecule has 0 spiro atoms. The topological polar surface area (TPSA) is 79.5 Å². The van der Waals surface area contributed by atoms with Crippen molar-refractivity contribution in [2.45, 2.75) is 39.8 Å². The SMILES string of the molecule is CCCCNC(=NCc1cccc(C(N)=O)c1)NCc1ccc(C)cc1.I. The molecule has 2 aromatic rings. The van der Waals surface area contributed by atoms with Gasteiger partial charge in [0.25, 0.3) is 0 Å². The average molecular weight is 480 g/mol. The number of carbonyl (C=O) groups is 1. The number of amides is 1. The maximum Gasteiger partial charge on any atom is 0.248 e. The molecule has 0 atom stereocenters. The van der Waals surface area contributed by atoms with Crippen LogP contribution in [0.3, 0.4) is 0 Å². The Morgan fingerprint density at radius 2 is 1.81 bits per heavy atom. The van der Waals surface area contributed by atoms with Crippen LogP contribution in [0.2, 0.25) is 0 Å². The first-order valence-corrected chi connectivity index (χ1v) is 9.05. The Morgan fingerprint density at radius 1 is 1.07 bits per heavy atom. The van der Waals surface area contributed by atoms with Crippen molar-refractivity contribution in [3.8, 4) is 0 Å². The Hall–Kier alpha value is -2.09. The second-order valence-corrected chi connectivity index (χ2v) is 6.35. The van der Waals surface area contributed by atoms with Gasteiger partial charge in [0.15, 0.2) is 5.96 Å². The predicted octanol–water partition coefficient (Wildman–Crippen LogP) is 3.75. The fraction of sp³-hybridized carbons (Fsp3) is 0.333. The van der Waals surface area contributed by atoms with Gasteiger partial charge in [0, 0.05) is 18.7 Å². The number of rotatable bonds is 8. The molecular formula is C21H29IN4O. The number of nitrogens with zero attached hydrogens (tertiary/aromatic N) is 1. The molecule has 2 aromatic carbocycles. The first kappa shape index (κ1) is 23.0. The largest absolute Gasteiger partial charge is 0.366 e. The number of hydrogen-bond donors (Lipinski definition) is 3. The van der Waals surface area contributed by atoms with Crippen molar-refractivity contribution in [2.75, 3.05) is 6.54 Å². The number of hydrogen-bond acceptors (Lipinski definition) is 2. The van der Waals surface area contributed by atoms with Crippen LogP contribution in [0.4, 0.5) is 0 Å². The zero-order chi connectivity index (χ0) is 18.8. The lowest BCUT2D eigenvalue weighted by atomic mass is 10.1. The molecule has 4 N–H and O–H groups in total. The van der Waals surface area contributed by atoms with Gasteiger partial charge in [-0.25, -0.2) is 4.99 Å². The van der Waals surface area contributed by atoms with Crippen LogP contribution in [-0.4, -0.2) is 18.4 Å². The number of primary amides is 1. The van der Waals surface area contributed by atoms with Crippen LogP contribution in [0, 0.1) is 6.92 Å². The van der Waals surface area contributed by atoms with Crippen molar-refractivity contribution in [2.24, 2.45) is 10.7 Å². The number of halogens is 1. The first-order valence-electron chi connectivity index (χ1n) is 9.05. The van der Waals surface area contributed by atoms with E-state index in [1.165, 1.54) is 11.1 Å². The molecule has 0 radical (unpaired) electrons. The second kappa shape index (κ2) is 12.3. The Balaban J connectivity index is 0.00000364. The number of nitrogens with two attached hydrogens (primary N) is 1. The Morgan fingerprint density at radius 3 is 2.48 bits per heavy atom. The summed E-state index contributed by atoms with van der Waals surface area (Å²) >= 11 is 0. The molecular weight excluding hydrogens is 451 g/mol. The van der Waals surface area contributed by atoms with Gasteiger partial charge in [0.1, 0.15) is 0 Å². The lowest BCUT2D eigenvalue weighted by molar-refractivity contribution is 0.1000. The van der Waals surface area contributed by atoms with E-state index in [0.717, 1.165) is 30.9 Å². The normalized spacial score (nSPS) is 10.8. The maximum absolute atomic E-state index is 11.3. The van der Waals surface area contributed by atoms with Crippen molar-refractivity contribution < 1.29 is 4.79 Å². The van der Waals surface area contributed by atoms with Crippen LogP contribution in [0.15, 0.2) is 53.5 Å². The Bertz CT molecular complexity index is 744. The standard InChI is InChI=1S/C21H28N4O.HI/c1-3-4-12-23-21(24-14-17-10-8-16(2)9-11-17)25-15-18-6-5-7-19(13-18)20(22)26;/h5-11,13H,3-4,12,14-15H2,1-2H3,(H2,22,26)(H2,23,24,25);1H. The van der Waals surface area contributed by atoms with E-state index in [9.17, 15) is 4.79 Å². The van der Waals surface area contributed by atoms with E-state index in [2.05, 4.69) is 53.7 Å². The molecule has 146 valence electrons. The summed E-state index contributed by atoms with van der Waals surface area (Å²) in [5.41, 5.74) is 9.25. The van der Waals surface area contributed by atoms with Crippen LogP contribution in [-0.2, 0) is 13.1 Å². The lowest BCUT2D eigenvalue weighted by Gasteiger charge is -2.13. The summed E-state index contributed by atoms with van der Waals surface area (Å²) in [5, 5.41) is 6.73. The summed E-state index contributed by atoms with van der Waals surface area (Å²) < 4.78 is 0. The zero-order valence-electron chi connectivity index (χ0n) is 16.0. The van der Waals surface area contributed by atoms with E-state index >= 15 is 0 Å². The summed E-state index contributed by atoms with van der Waals surface area (Å²) in [6.07, 6.45) is 2.21. The predicted molar refractivity (Wildman–Crippen MR) is 122 cm³/mol. The molecule has 0 aliphatic heterocycles. The minimum atomic E-state index is -0.422. The van der Waals surface area contributed by atoms with E-state index in [0.29, 0.717) is 18.7 Å². The third-order valence-electron chi connectivity index (χ3n) is 4.03. The van der Waals surface area contributed by atoms with Gasteiger partial charge in [-0.05, 0) is 36.6 Å². The molecule has 0 unspecified atom stereocenters. The number of nitrogens with one attached hydrogen (secondary N) is 2. The molecule has 0 aliphatic carbocycles. The Kier molecular flexibility index (Phi) is 10.5. The van der Waals surface area contributed by atoms with Crippen molar-refractivity contribution in [1.82, 2.24) is 10.6 Å². The zero-order valence-corrected chi connectivity index (χ0v) is 18.3. The molecule has 5 nitrogen and oxygen atoms in total. The minimum Gasteiger partial charge on any atom is -0.366 e. The highest BCUT2D eigenvalue weighted by Crippen LogP contribution is 2.06. The van der Waals surface area contributed by atoms with Gasteiger partial charge in [-0.2, -0.15) is 0 Å². The number of benzene rings is 2. The van der Waals surface area contributed by atoms with E-state index < -0.39 is 5.91 Å². The van der Waals surface area contributed by atoms with Crippen molar-refractivity contribution in [3.63, 3.8) is 0 Å². The number of aliphatic imine (C=N–C) groups is 1. The van der Waals surface area contributed by atoms with Crippen molar-refractivity contribution in [1.29, 1.82) is 0 Å². The van der Waals surface area contributed by atoms with Gasteiger partial charge in [0.2, 0.25) is 5.91 Å². The van der Waals surface area contributed by atoms with Crippen LogP contribution >= 0.6 is 24.0 Å². The van der Waals surface area contributed by atoms with E-state index in [1.807, 2.05) is 12.1 Å². The van der Waals surface area contributed by atoms with E-state index in [-0.39, 0.29) is 24.0 Å². The molecule has 6 heteroatoms. The smallest absolute Gasteiger partial charge is 0.248 e.